The fraction of sp³-hybridized carbons (Fsp3) is 0.308. The molecule has 20 heavy (non-hydrogen) atoms. The van der Waals surface area contributed by atoms with E-state index in [1.54, 1.807) is 32.3 Å². The molecule has 2 aromatic rings. The molecule has 0 radical (unpaired) electrons. The van der Waals surface area contributed by atoms with Crippen molar-refractivity contribution in [1.82, 2.24) is 19.7 Å². The lowest BCUT2D eigenvalue weighted by Gasteiger charge is -2.14. The molecule has 0 aliphatic rings. The molecule has 0 unspecified atom stereocenters. The SMILES string of the molecule is Cc1nnc(Sc2cc(N)ccc2C(=O)N(C)C)n1C. The Morgan fingerprint density at radius 3 is 2.60 bits per heavy atom. The third kappa shape index (κ3) is 2.77. The van der Waals surface area contributed by atoms with E-state index in [0.29, 0.717) is 11.3 Å². The number of anilines is 1. The molecule has 2 N–H and O–H groups in total. The average Bonchev–Trinajstić information content (AvgIpc) is 2.70. The van der Waals surface area contributed by atoms with Crippen LogP contribution in [-0.4, -0.2) is 39.7 Å². The maximum Gasteiger partial charge on any atom is 0.254 e. The minimum absolute atomic E-state index is 0.0635. The van der Waals surface area contributed by atoms with E-state index in [9.17, 15) is 4.79 Å². The van der Waals surface area contributed by atoms with Crippen LogP contribution in [0.15, 0.2) is 28.3 Å². The van der Waals surface area contributed by atoms with Crippen LogP contribution < -0.4 is 5.73 Å². The molecule has 1 amide bonds. The number of hydrogen-bond donors (Lipinski definition) is 1. The van der Waals surface area contributed by atoms with Gasteiger partial charge in [-0.3, -0.25) is 4.79 Å². The van der Waals surface area contributed by atoms with Crippen molar-refractivity contribution in [2.45, 2.75) is 17.0 Å². The van der Waals surface area contributed by atoms with Gasteiger partial charge in [0.15, 0.2) is 5.16 Å². The molecule has 0 bridgehead atoms. The van der Waals surface area contributed by atoms with Crippen molar-refractivity contribution >= 4 is 23.4 Å². The fourth-order valence-corrected chi connectivity index (χ4v) is 2.62. The Hall–Kier alpha value is -2.02. The van der Waals surface area contributed by atoms with E-state index >= 15 is 0 Å². The van der Waals surface area contributed by atoms with Gasteiger partial charge in [0.2, 0.25) is 0 Å². The number of carbonyl (C=O) groups excluding carboxylic acids is 1. The summed E-state index contributed by atoms with van der Waals surface area (Å²) >= 11 is 1.38. The van der Waals surface area contributed by atoms with Gasteiger partial charge in [-0.15, -0.1) is 10.2 Å². The van der Waals surface area contributed by atoms with Gasteiger partial charge >= 0.3 is 0 Å². The van der Waals surface area contributed by atoms with Gasteiger partial charge in [0.05, 0.1) is 5.56 Å². The molecule has 7 heteroatoms. The number of nitrogens with two attached hydrogens (primary N) is 1. The number of aryl methyl sites for hydroxylation is 1. The Morgan fingerprint density at radius 1 is 1.35 bits per heavy atom. The van der Waals surface area contributed by atoms with Gasteiger partial charge in [0, 0.05) is 31.7 Å². The molecule has 6 nitrogen and oxygen atoms in total. The lowest BCUT2D eigenvalue weighted by atomic mass is 10.2. The van der Waals surface area contributed by atoms with Crippen LogP contribution in [-0.2, 0) is 7.05 Å². The second-order valence-corrected chi connectivity index (χ2v) is 5.66. The van der Waals surface area contributed by atoms with Gasteiger partial charge in [-0.1, -0.05) is 0 Å². The minimum atomic E-state index is -0.0635. The zero-order valence-corrected chi connectivity index (χ0v) is 12.7. The van der Waals surface area contributed by atoms with Crippen molar-refractivity contribution in [2.24, 2.45) is 7.05 Å². The summed E-state index contributed by atoms with van der Waals surface area (Å²) in [6, 6.07) is 5.25. The van der Waals surface area contributed by atoms with Gasteiger partial charge in [-0.05, 0) is 36.9 Å². The first-order valence-corrected chi connectivity index (χ1v) is 6.87. The molecule has 1 aromatic carbocycles. The molecule has 0 saturated heterocycles. The molecular formula is C13H17N5OS. The summed E-state index contributed by atoms with van der Waals surface area (Å²) in [5.74, 6) is 0.753. The zero-order chi connectivity index (χ0) is 14.9. The van der Waals surface area contributed by atoms with E-state index in [2.05, 4.69) is 10.2 Å². The molecule has 1 heterocycles. The third-order valence-corrected chi connectivity index (χ3v) is 3.99. The number of rotatable bonds is 3. The van der Waals surface area contributed by atoms with E-state index < -0.39 is 0 Å². The largest absolute Gasteiger partial charge is 0.399 e. The Morgan fingerprint density at radius 2 is 2.05 bits per heavy atom. The molecule has 0 atom stereocenters. The average molecular weight is 291 g/mol. The predicted octanol–water partition coefficient (Wildman–Crippen LogP) is 1.56. The highest BCUT2D eigenvalue weighted by atomic mass is 32.2. The second-order valence-electron chi connectivity index (χ2n) is 4.65. The van der Waals surface area contributed by atoms with Crippen molar-refractivity contribution in [1.29, 1.82) is 0 Å². The second kappa shape index (κ2) is 5.54. The van der Waals surface area contributed by atoms with Crippen LogP contribution in [0.3, 0.4) is 0 Å². The Balaban J connectivity index is 2.42. The predicted molar refractivity (Wildman–Crippen MR) is 78.7 cm³/mol. The molecule has 106 valence electrons. The van der Waals surface area contributed by atoms with E-state index in [4.69, 9.17) is 5.73 Å². The quantitative estimate of drug-likeness (QED) is 0.868. The minimum Gasteiger partial charge on any atom is -0.399 e. The van der Waals surface area contributed by atoms with E-state index in [1.165, 1.54) is 16.7 Å². The highest BCUT2D eigenvalue weighted by Gasteiger charge is 2.17. The summed E-state index contributed by atoms with van der Waals surface area (Å²) in [4.78, 5) is 14.5. The van der Waals surface area contributed by atoms with Gasteiger partial charge in [-0.25, -0.2) is 0 Å². The van der Waals surface area contributed by atoms with Crippen LogP contribution in [0.2, 0.25) is 0 Å². The van der Waals surface area contributed by atoms with Crippen LogP contribution in [0.25, 0.3) is 0 Å². The van der Waals surface area contributed by atoms with E-state index in [-0.39, 0.29) is 5.91 Å². The van der Waals surface area contributed by atoms with E-state index in [0.717, 1.165) is 15.9 Å². The summed E-state index contributed by atoms with van der Waals surface area (Å²) in [5, 5.41) is 8.83. The van der Waals surface area contributed by atoms with Crippen LogP contribution in [0.5, 0.6) is 0 Å². The monoisotopic (exact) mass is 291 g/mol. The maximum absolute atomic E-state index is 12.2. The Labute approximate surface area is 122 Å². The standard InChI is InChI=1S/C13H17N5OS/c1-8-15-16-13(18(8)4)20-11-7-9(14)5-6-10(11)12(19)17(2)3/h5-7H,14H2,1-4H3. The molecule has 1 aromatic heterocycles. The summed E-state index contributed by atoms with van der Waals surface area (Å²) in [7, 11) is 5.33. The van der Waals surface area contributed by atoms with Crippen molar-refractivity contribution in [3.05, 3.63) is 29.6 Å². The molecule has 0 fully saturated rings. The third-order valence-electron chi connectivity index (χ3n) is 2.90. The van der Waals surface area contributed by atoms with Crippen molar-refractivity contribution < 1.29 is 4.79 Å². The van der Waals surface area contributed by atoms with Gasteiger partial charge < -0.3 is 15.2 Å². The van der Waals surface area contributed by atoms with Gasteiger partial charge in [-0.2, -0.15) is 0 Å². The molecule has 0 aliphatic carbocycles. The number of benzene rings is 1. The molecule has 2 rings (SSSR count). The number of nitrogen functional groups attached to an aromatic ring is 1. The number of aromatic nitrogens is 3. The number of carbonyl (C=O) groups is 1. The highest BCUT2D eigenvalue weighted by molar-refractivity contribution is 7.99. The fourth-order valence-electron chi connectivity index (χ4n) is 1.62. The lowest BCUT2D eigenvalue weighted by molar-refractivity contribution is 0.0824. The zero-order valence-electron chi connectivity index (χ0n) is 11.9. The number of hydrogen-bond acceptors (Lipinski definition) is 5. The van der Waals surface area contributed by atoms with Crippen LogP contribution in [0.4, 0.5) is 5.69 Å². The molecule has 0 saturated carbocycles. The highest BCUT2D eigenvalue weighted by Crippen LogP contribution is 2.31. The normalized spacial score (nSPS) is 10.6. The molecular weight excluding hydrogens is 274 g/mol. The topological polar surface area (TPSA) is 77.0 Å². The van der Waals surface area contributed by atoms with Gasteiger partial charge in [0.1, 0.15) is 5.82 Å². The van der Waals surface area contributed by atoms with Gasteiger partial charge in [0.25, 0.3) is 5.91 Å². The Kier molecular flexibility index (Phi) is 3.99. The number of amides is 1. The maximum atomic E-state index is 12.2. The lowest BCUT2D eigenvalue weighted by Crippen LogP contribution is -2.22. The van der Waals surface area contributed by atoms with Crippen LogP contribution in [0, 0.1) is 6.92 Å². The van der Waals surface area contributed by atoms with Crippen molar-refractivity contribution in [3.63, 3.8) is 0 Å². The summed E-state index contributed by atoms with van der Waals surface area (Å²) < 4.78 is 1.87. The summed E-state index contributed by atoms with van der Waals surface area (Å²) in [6.45, 7) is 1.88. The first-order chi connectivity index (χ1) is 9.40. The van der Waals surface area contributed by atoms with E-state index in [1.807, 2.05) is 18.5 Å². The van der Waals surface area contributed by atoms with Crippen LogP contribution in [0.1, 0.15) is 16.2 Å². The van der Waals surface area contributed by atoms with Crippen LogP contribution >= 0.6 is 11.8 Å². The molecule has 0 aliphatic heterocycles. The summed E-state index contributed by atoms with van der Waals surface area (Å²) in [6.07, 6.45) is 0. The Bertz CT molecular complexity index is 650. The summed E-state index contributed by atoms with van der Waals surface area (Å²) in [5.41, 5.74) is 7.04. The molecule has 0 spiro atoms. The van der Waals surface area contributed by atoms with Crippen molar-refractivity contribution in [3.8, 4) is 0 Å². The van der Waals surface area contributed by atoms with Crippen molar-refractivity contribution in [2.75, 3.05) is 19.8 Å². The first-order valence-electron chi connectivity index (χ1n) is 6.05. The number of nitrogens with zero attached hydrogens (tertiary/aromatic N) is 4. The first kappa shape index (κ1) is 14.4. The smallest absolute Gasteiger partial charge is 0.254 e.